The fourth-order valence-electron chi connectivity index (χ4n) is 1.55. The number of hydrogen-bond acceptors (Lipinski definition) is 5. The van der Waals surface area contributed by atoms with E-state index in [-0.39, 0.29) is 24.9 Å². The maximum absolute atomic E-state index is 9.07. The summed E-state index contributed by atoms with van der Waals surface area (Å²) in [5.41, 5.74) is -0.314. The van der Waals surface area contributed by atoms with E-state index in [1.807, 2.05) is 21.1 Å². The monoisotopic (exact) mass is 205 g/mol. The summed E-state index contributed by atoms with van der Waals surface area (Å²) < 4.78 is 0. The molecule has 0 aliphatic carbocycles. The molecule has 0 radical (unpaired) electrons. The van der Waals surface area contributed by atoms with Gasteiger partial charge in [0.05, 0.1) is 12.3 Å². The van der Waals surface area contributed by atoms with Crippen molar-refractivity contribution in [2.24, 2.45) is 0 Å². The molecule has 0 rings (SSSR count). The minimum absolute atomic E-state index is 0.0291. The van der Waals surface area contributed by atoms with Crippen LogP contribution in [-0.2, 0) is 0 Å². The zero-order chi connectivity index (χ0) is 11.0. The van der Waals surface area contributed by atoms with E-state index in [2.05, 4.69) is 16.0 Å². The first kappa shape index (κ1) is 13.8. The lowest BCUT2D eigenvalue weighted by molar-refractivity contribution is 0.146. The standard InChI is InChI=1S/C9H23N3O2/c1-10-8(7-14)6-9(11-2,12-3)4-5-13/h8,10-14H,4-7H2,1-3H3. The van der Waals surface area contributed by atoms with Crippen LogP contribution in [0.1, 0.15) is 12.8 Å². The van der Waals surface area contributed by atoms with Gasteiger partial charge in [0.1, 0.15) is 0 Å². The predicted octanol–water partition coefficient (Wildman–Crippen LogP) is -1.53. The van der Waals surface area contributed by atoms with Gasteiger partial charge in [0.2, 0.25) is 0 Å². The summed E-state index contributed by atoms with van der Waals surface area (Å²) in [4.78, 5) is 0. The summed E-state index contributed by atoms with van der Waals surface area (Å²) >= 11 is 0. The van der Waals surface area contributed by atoms with Crippen molar-refractivity contribution in [3.05, 3.63) is 0 Å². The van der Waals surface area contributed by atoms with Gasteiger partial charge in [-0.2, -0.15) is 0 Å². The number of likely N-dealkylation sites (N-methyl/N-ethyl adjacent to an activating group) is 1. The zero-order valence-electron chi connectivity index (χ0n) is 9.30. The number of rotatable bonds is 8. The number of aliphatic hydroxyl groups excluding tert-OH is 2. The largest absolute Gasteiger partial charge is 0.396 e. The van der Waals surface area contributed by atoms with Gasteiger partial charge in [0.15, 0.2) is 0 Å². The van der Waals surface area contributed by atoms with Crippen LogP contribution in [0.3, 0.4) is 0 Å². The topological polar surface area (TPSA) is 76.5 Å². The molecule has 0 saturated carbocycles. The van der Waals surface area contributed by atoms with Crippen molar-refractivity contribution in [1.29, 1.82) is 0 Å². The molecule has 0 saturated heterocycles. The van der Waals surface area contributed by atoms with Crippen LogP contribution in [0.2, 0.25) is 0 Å². The first-order valence-electron chi connectivity index (χ1n) is 4.94. The molecule has 14 heavy (non-hydrogen) atoms. The van der Waals surface area contributed by atoms with Crippen molar-refractivity contribution < 1.29 is 10.2 Å². The van der Waals surface area contributed by atoms with E-state index >= 15 is 0 Å². The Labute approximate surface area is 85.9 Å². The van der Waals surface area contributed by atoms with Gasteiger partial charge < -0.3 is 26.2 Å². The van der Waals surface area contributed by atoms with Crippen molar-refractivity contribution >= 4 is 0 Å². The summed E-state index contributed by atoms with van der Waals surface area (Å²) in [5.74, 6) is 0. The van der Waals surface area contributed by atoms with Crippen molar-refractivity contribution in [1.82, 2.24) is 16.0 Å². The minimum atomic E-state index is -0.314. The predicted molar refractivity (Wildman–Crippen MR) is 57.1 cm³/mol. The van der Waals surface area contributed by atoms with E-state index in [1.54, 1.807) is 0 Å². The third-order valence-corrected chi connectivity index (χ3v) is 2.72. The second-order valence-electron chi connectivity index (χ2n) is 3.43. The van der Waals surface area contributed by atoms with Gasteiger partial charge in [0, 0.05) is 19.1 Å². The smallest absolute Gasteiger partial charge is 0.0720 e. The molecule has 0 heterocycles. The number of hydrogen-bond donors (Lipinski definition) is 5. The Morgan fingerprint density at radius 1 is 1.14 bits per heavy atom. The Kier molecular flexibility index (Phi) is 7.04. The van der Waals surface area contributed by atoms with Crippen LogP contribution in [0.5, 0.6) is 0 Å². The molecule has 5 N–H and O–H groups in total. The van der Waals surface area contributed by atoms with Crippen LogP contribution in [0.4, 0.5) is 0 Å². The molecular formula is C9H23N3O2. The lowest BCUT2D eigenvalue weighted by Gasteiger charge is -2.35. The maximum atomic E-state index is 9.07. The molecule has 5 heteroatoms. The highest BCUT2D eigenvalue weighted by atomic mass is 16.3. The summed E-state index contributed by atoms with van der Waals surface area (Å²) in [6, 6.07) is 0.0291. The third-order valence-electron chi connectivity index (χ3n) is 2.72. The first-order chi connectivity index (χ1) is 6.67. The molecule has 0 amide bonds. The van der Waals surface area contributed by atoms with Gasteiger partial charge in [-0.25, -0.2) is 0 Å². The van der Waals surface area contributed by atoms with Gasteiger partial charge >= 0.3 is 0 Å². The molecule has 0 bridgehead atoms. The van der Waals surface area contributed by atoms with E-state index in [9.17, 15) is 0 Å². The fraction of sp³-hybridized carbons (Fsp3) is 1.00. The van der Waals surface area contributed by atoms with E-state index in [0.717, 1.165) is 0 Å². The Morgan fingerprint density at radius 2 is 1.71 bits per heavy atom. The van der Waals surface area contributed by atoms with Crippen LogP contribution < -0.4 is 16.0 Å². The SMILES string of the molecule is CNC(CO)CC(CCO)(NC)NC. The van der Waals surface area contributed by atoms with Crippen molar-refractivity contribution in [3.63, 3.8) is 0 Å². The van der Waals surface area contributed by atoms with Crippen LogP contribution in [0, 0.1) is 0 Å². The lowest BCUT2D eigenvalue weighted by Crippen LogP contribution is -2.58. The average molecular weight is 205 g/mol. The highest BCUT2D eigenvalue weighted by Crippen LogP contribution is 2.12. The first-order valence-corrected chi connectivity index (χ1v) is 4.94. The molecule has 0 aromatic heterocycles. The van der Waals surface area contributed by atoms with Gasteiger partial charge in [0.25, 0.3) is 0 Å². The molecule has 0 aliphatic heterocycles. The van der Waals surface area contributed by atoms with Crippen LogP contribution in [0.25, 0.3) is 0 Å². The summed E-state index contributed by atoms with van der Waals surface area (Å²) in [7, 11) is 5.50. The molecule has 0 aromatic rings. The fourth-order valence-corrected chi connectivity index (χ4v) is 1.55. The molecule has 5 nitrogen and oxygen atoms in total. The van der Waals surface area contributed by atoms with Gasteiger partial charge in [-0.15, -0.1) is 0 Å². The molecule has 0 aliphatic rings. The second-order valence-corrected chi connectivity index (χ2v) is 3.43. The summed E-state index contributed by atoms with van der Waals surface area (Å²) in [6.07, 6.45) is 1.33. The van der Waals surface area contributed by atoms with Crippen molar-refractivity contribution in [3.8, 4) is 0 Å². The third kappa shape index (κ3) is 3.89. The lowest BCUT2D eigenvalue weighted by atomic mass is 9.97. The molecular weight excluding hydrogens is 182 g/mol. The normalized spacial score (nSPS) is 14.4. The summed E-state index contributed by atoms with van der Waals surface area (Å²) in [6.45, 7) is 0.205. The van der Waals surface area contributed by atoms with Crippen LogP contribution >= 0.6 is 0 Å². The highest BCUT2D eigenvalue weighted by Gasteiger charge is 2.28. The summed E-state index contributed by atoms with van der Waals surface area (Å²) in [5, 5.41) is 27.3. The van der Waals surface area contributed by atoms with Gasteiger partial charge in [-0.1, -0.05) is 0 Å². The van der Waals surface area contributed by atoms with E-state index in [0.29, 0.717) is 12.8 Å². The van der Waals surface area contributed by atoms with Crippen molar-refractivity contribution in [2.45, 2.75) is 24.5 Å². The Hall–Kier alpha value is -0.200. The van der Waals surface area contributed by atoms with Crippen LogP contribution in [-0.4, -0.2) is 56.3 Å². The molecule has 1 unspecified atom stereocenters. The second kappa shape index (κ2) is 7.14. The Bertz CT molecular complexity index is 136. The van der Waals surface area contributed by atoms with E-state index in [4.69, 9.17) is 10.2 Å². The molecule has 0 fully saturated rings. The molecule has 1 atom stereocenters. The number of aliphatic hydroxyl groups is 2. The van der Waals surface area contributed by atoms with E-state index in [1.165, 1.54) is 0 Å². The van der Waals surface area contributed by atoms with Gasteiger partial charge in [-0.3, -0.25) is 0 Å². The molecule has 0 aromatic carbocycles. The maximum Gasteiger partial charge on any atom is 0.0720 e. The van der Waals surface area contributed by atoms with Gasteiger partial charge in [-0.05, 0) is 27.6 Å². The molecule has 86 valence electrons. The van der Waals surface area contributed by atoms with Crippen LogP contribution in [0.15, 0.2) is 0 Å². The Balaban J connectivity index is 4.31. The number of nitrogens with one attached hydrogen (secondary N) is 3. The minimum Gasteiger partial charge on any atom is -0.396 e. The zero-order valence-corrected chi connectivity index (χ0v) is 9.30. The Morgan fingerprint density at radius 3 is 2.00 bits per heavy atom. The van der Waals surface area contributed by atoms with Crippen molar-refractivity contribution in [2.75, 3.05) is 34.4 Å². The van der Waals surface area contributed by atoms with E-state index < -0.39 is 0 Å². The highest BCUT2D eigenvalue weighted by molar-refractivity contribution is 4.87. The quantitative estimate of drug-likeness (QED) is 0.311. The molecule has 0 spiro atoms. The average Bonchev–Trinajstić information content (AvgIpc) is 2.24.